The van der Waals surface area contributed by atoms with Gasteiger partial charge in [0.05, 0.1) is 0 Å². The molecule has 0 N–H and O–H groups in total. The zero-order valence-electron chi connectivity index (χ0n) is 11.2. The van der Waals surface area contributed by atoms with E-state index in [0.717, 1.165) is 18.8 Å². The van der Waals surface area contributed by atoms with E-state index in [1.165, 1.54) is 44.9 Å². The van der Waals surface area contributed by atoms with Crippen LogP contribution in [0.5, 0.6) is 0 Å². The zero-order valence-corrected chi connectivity index (χ0v) is 12.0. The van der Waals surface area contributed by atoms with Gasteiger partial charge in [-0.1, -0.05) is 0 Å². The summed E-state index contributed by atoms with van der Waals surface area (Å²) in [5.74, 6) is 0.833. The quantitative estimate of drug-likeness (QED) is 0.376. The van der Waals surface area contributed by atoms with Crippen molar-refractivity contribution in [1.29, 1.82) is 0 Å². The van der Waals surface area contributed by atoms with Crippen LogP contribution in [0.15, 0.2) is 0 Å². The molecule has 0 heterocycles. The maximum atomic E-state index is 5.45. The monoisotopic (exact) mass is 242 g/mol. The second-order valence-corrected chi connectivity index (χ2v) is 5.01. The Balaban J connectivity index is 3.59. The first-order valence-corrected chi connectivity index (χ1v) is 7.30. The second kappa shape index (κ2) is 11.6. The average molecular weight is 242 g/mol. The van der Waals surface area contributed by atoms with Crippen LogP contribution >= 0.6 is 12.1 Å². The van der Waals surface area contributed by atoms with Crippen molar-refractivity contribution < 1.29 is 4.65 Å². The fraction of sp³-hybridized carbons (Fsp3) is 1.00. The first-order chi connectivity index (χ1) is 7.74. The summed E-state index contributed by atoms with van der Waals surface area (Å²) in [5.41, 5.74) is 0. The summed E-state index contributed by atoms with van der Waals surface area (Å²) in [6.07, 6.45) is 12.0. The van der Waals surface area contributed by atoms with Crippen molar-refractivity contribution in [3.8, 4) is 0 Å². The van der Waals surface area contributed by atoms with Gasteiger partial charge in [0, 0.05) is 0 Å². The zero-order chi connectivity index (χ0) is 12.2. The Morgan fingerprint density at radius 2 is 1.75 bits per heavy atom. The van der Waals surface area contributed by atoms with Gasteiger partial charge in [-0.15, -0.1) is 0 Å². The van der Waals surface area contributed by atoms with Gasteiger partial charge in [0.2, 0.25) is 0 Å². The molecule has 0 saturated heterocycles. The van der Waals surface area contributed by atoms with Crippen molar-refractivity contribution in [2.45, 2.75) is 78.2 Å². The third-order valence-electron chi connectivity index (χ3n) is 3.14. The molecule has 0 fully saturated rings. The van der Waals surface area contributed by atoms with Gasteiger partial charge in [0.1, 0.15) is 0 Å². The van der Waals surface area contributed by atoms with Crippen LogP contribution in [-0.4, -0.2) is 12.5 Å². The standard InChI is InChI=1S/C13H27BOS/c1-4-6-7-9-12(3)10-11-13(8-5-2)15-14-16/h12-13H,4-11H2,1-3H3/t12-,13+/m1/s1. The van der Waals surface area contributed by atoms with Crippen molar-refractivity contribution >= 4 is 18.4 Å². The molecule has 0 unspecified atom stereocenters. The van der Waals surface area contributed by atoms with Crippen LogP contribution in [0.3, 0.4) is 0 Å². The first kappa shape index (κ1) is 16.1. The van der Waals surface area contributed by atoms with Gasteiger partial charge in [-0.3, -0.25) is 0 Å². The predicted octanol–water partition coefficient (Wildman–Crippen LogP) is 4.90. The molecule has 0 spiro atoms. The van der Waals surface area contributed by atoms with Crippen molar-refractivity contribution in [3.05, 3.63) is 0 Å². The number of unbranched alkanes of at least 4 members (excludes halogenated alkanes) is 2. The molecular weight excluding hydrogens is 215 g/mol. The van der Waals surface area contributed by atoms with Crippen molar-refractivity contribution in [3.63, 3.8) is 0 Å². The Hall–Kier alpha value is 0.0849. The van der Waals surface area contributed by atoms with Crippen LogP contribution in [0.1, 0.15) is 72.1 Å². The first-order valence-electron chi connectivity index (χ1n) is 6.83. The fourth-order valence-corrected chi connectivity index (χ4v) is 2.20. The Morgan fingerprint density at radius 1 is 1.00 bits per heavy atom. The molecule has 0 radical (unpaired) electrons. The topological polar surface area (TPSA) is 9.23 Å². The molecule has 0 rings (SSSR count). The van der Waals surface area contributed by atoms with E-state index in [9.17, 15) is 0 Å². The molecule has 94 valence electrons. The van der Waals surface area contributed by atoms with Gasteiger partial charge in [-0.25, -0.2) is 0 Å². The van der Waals surface area contributed by atoms with Crippen LogP contribution in [0.25, 0.3) is 0 Å². The molecule has 0 aliphatic carbocycles. The van der Waals surface area contributed by atoms with Crippen LogP contribution in [0.2, 0.25) is 0 Å². The summed E-state index contributed by atoms with van der Waals surface area (Å²) in [5, 5.41) is 0. The summed E-state index contributed by atoms with van der Waals surface area (Å²) < 4.78 is 5.45. The third-order valence-corrected chi connectivity index (χ3v) is 3.25. The molecule has 0 aliphatic rings. The van der Waals surface area contributed by atoms with E-state index in [1.54, 1.807) is 0 Å². The molecule has 0 saturated carbocycles. The van der Waals surface area contributed by atoms with E-state index < -0.39 is 0 Å². The summed E-state index contributed by atoms with van der Waals surface area (Å²) in [7, 11) is 0. The summed E-state index contributed by atoms with van der Waals surface area (Å²) >= 11 is 4.76. The molecule has 0 aromatic rings. The Bertz CT molecular complexity index is 164. The summed E-state index contributed by atoms with van der Waals surface area (Å²) in [6, 6.07) is 0. The molecular formula is C13H27BOS. The molecule has 0 bridgehead atoms. The molecule has 0 aromatic carbocycles. The number of hydrogen-bond donors (Lipinski definition) is 0. The van der Waals surface area contributed by atoms with Crippen LogP contribution < -0.4 is 0 Å². The van der Waals surface area contributed by atoms with Gasteiger partial charge in [-0.05, 0) is 0 Å². The van der Waals surface area contributed by atoms with Crippen molar-refractivity contribution in [2.75, 3.05) is 0 Å². The normalized spacial score (nSPS) is 14.2. The van der Waals surface area contributed by atoms with E-state index in [0.29, 0.717) is 6.10 Å². The minimum absolute atomic E-state index is 0.358. The summed E-state index contributed by atoms with van der Waals surface area (Å²) in [6.45, 7) is 6.82. The van der Waals surface area contributed by atoms with Gasteiger partial charge in [0.25, 0.3) is 0 Å². The molecule has 16 heavy (non-hydrogen) atoms. The molecule has 0 aromatic heterocycles. The molecule has 0 amide bonds. The number of rotatable bonds is 11. The van der Waals surface area contributed by atoms with E-state index in [4.69, 9.17) is 16.7 Å². The Morgan fingerprint density at radius 3 is 2.31 bits per heavy atom. The van der Waals surface area contributed by atoms with Crippen molar-refractivity contribution in [1.82, 2.24) is 0 Å². The molecule has 1 nitrogen and oxygen atoms in total. The molecule has 2 atom stereocenters. The molecule has 3 heteroatoms. The predicted molar refractivity (Wildman–Crippen MR) is 75.7 cm³/mol. The van der Waals surface area contributed by atoms with E-state index in [-0.39, 0.29) is 0 Å². The average Bonchev–Trinajstić information content (AvgIpc) is 2.27. The van der Waals surface area contributed by atoms with Crippen LogP contribution in [0, 0.1) is 5.92 Å². The second-order valence-electron chi connectivity index (χ2n) is 4.82. The van der Waals surface area contributed by atoms with Crippen molar-refractivity contribution in [2.24, 2.45) is 5.92 Å². The van der Waals surface area contributed by atoms with Gasteiger partial charge in [-0.2, -0.15) is 0 Å². The van der Waals surface area contributed by atoms with E-state index in [1.807, 2.05) is 0 Å². The Labute approximate surface area is 107 Å². The van der Waals surface area contributed by atoms with Gasteiger partial charge in [0.15, 0.2) is 0 Å². The maximum absolute atomic E-state index is 5.45. The van der Waals surface area contributed by atoms with Crippen LogP contribution in [0.4, 0.5) is 0 Å². The van der Waals surface area contributed by atoms with E-state index in [2.05, 4.69) is 20.8 Å². The molecule has 0 aliphatic heterocycles. The summed E-state index contributed by atoms with van der Waals surface area (Å²) in [4.78, 5) is 0. The Kier molecular flexibility index (Phi) is 11.6. The van der Waals surface area contributed by atoms with E-state index >= 15 is 0 Å². The van der Waals surface area contributed by atoms with Gasteiger partial charge >= 0.3 is 107 Å². The SMILES string of the molecule is CCCCC[C@@H](C)CC[C@H](CCC)OB=S. The fourth-order valence-electron chi connectivity index (χ4n) is 2.04. The van der Waals surface area contributed by atoms with Crippen LogP contribution in [-0.2, 0) is 4.65 Å². The minimum atomic E-state index is 0.358. The number of hydrogen-bond acceptors (Lipinski definition) is 2. The third kappa shape index (κ3) is 9.32. The van der Waals surface area contributed by atoms with Gasteiger partial charge < -0.3 is 0 Å².